The van der Waals surface area contributed by atoms with Crippen molar-refractivity contribution in [2.24, 2.45) is 0 Å². The molecule has 0 aromatic heterocycles. The molecule has 0 aliphatic rings. The molecule has 0 amide bonds. The monoisotopic (exact) mass is 294 g/mol. The van der Waals surface area contributed by atoms with Crippen LogP contribution in [0.4, 0.5) is 15.8 Å². The number of hydrogen-bond acceptors (Lipinski definition) is 3. The summed E-state index contributed by atoms with van der Waals surface area (Å²) in [4.78, 5) is 0.175. The molecule has 0 aliphatic heterocycles. The molecule has 20 heavy (non-hydrogen) atoms. The van der Waals surface area contributed by atoms with Gasteiger partial charge in [0.05, 0.1) is 11.4 Å². The molecule has 0 atom stereocenters. The SMILES string of the molecule is CNc1ccccc1S(=O)(=O)N(C)c1ccc(F)cc1. The summed E-state index contributed by atoms with van der Waals surface area (Å²) in [5, 5.41) is 2.85. The van der Waals surface area contributed by atoms with Crippen molar-refractivity contribution in [3.8, 4) is 0 Å². The average Bonchev–Trinajstić information content (AvgIpc) is 2.47. The van der Waals surface area contributed by atoms with Gasteiger partial charge in [-0.25, -0.2) is 12.8 Å². The predicted octanol–water partition coefficient (Wildman–Crippen LogP) is 2.69. The number of nitrogens with zero attached hydrogens (tertiary/aromatic N) is 1. The Balaban J connectivity index is 2.46. The normalized spacial score (nSPS) is 11.2. The maximum Gasteiger partial charge on any atom is 0.266 e. The third-order valence-corrected chi connectivity index (χ3v) is 4.83. The predicted molar refractivity (Wildman–Crippen MR) is 78.0 cm³/mol. The average molecular weight is 294 g/mol. The Labute approximate surface area is 117 Å². The Kier molecular flexibility index (Phi) is 3.94. The molecule has 2 aromatic rings. The number of anilines is 2. The summed E-state index contributed by atoms with van der Waals surface area (Å²) < 4.78 is 39.2. The van der Waals surface area contributed by atoms with Gasteiger partial charge in [0, 0.05) is 14.1 Å². The summed E-state index contributed by atoms with van der Waals surface area (Å²) in [6.07, 6.45) is 0. The van der Waals surface area contributed by atoms with E-state index in [0.29, 0.717) is 11.4 Å². The van der Waals surface area contributed by atoms with E-state index in [1.54, 1.807) is 25.2 Å². The summed E-state index contributed by atoms with van der Waals surface area (Å²) in [5.74, 6) is -0.407. The van der Waals surface area contributed by atoms with E-state index in [2.05, 4.69) is 5.32 Å². The Morgan fingerprint density at radius 3 is 2.25 bits per heavy atom. The molecular weight excluding hydrogens is 279 g/mol. The number of nitrogens with one attached hydrogen (secondary N) is 1. The lowest BCUT2D eigenvalue weighted by atomic mass is 10.3. The Bertz CT molecular complexity index is 699. The van der Waals surface area contributed by atoms with Gasteiger partial charge in [-0.05, 0) is 36.4 Å². The van der Waals surface area contributed by atoms with Gasteiger partial charge in [-0.3, -0.25) is 4.31 Å². The minimum atomic E-state index is -3.70. The van der Waals surface area contributed by atoms with Crippen LogP contribution in [0.15, 0.2) is 53.4 Å². The van der Waals surface area contributed by atoms with Gasteiger partial charge in [0.15, 0.2) is 0 Å². The van der Waals surface area contributed by atoms with Crippen molar-refractivity contribution in [3.05, 3.63) is 54.3 Å². The topological polar surface area (TPSA) is 49.4 Å². The molecule has 4 nitrogen and oxygen atoms in total. The second kappa shape index (κ2) is 5.50. The molecule has 2 aromatic carbocycles. The maximum absolute atomic E-state index is 12.9. The van der Waals surface area contributed by atoms with E-state index in [9.17, 15) is 12.8 Å². The highest BCUT2D eigenvalue weighted by molar-refractivity contribution is 7.93. The summed E-state index contributed by atoms with van der Waals surface area (Å²) in [6.45, 7) is 0. The van der Waals surface area contributed by atoms with E-state index in [0.717, 1.165) is 4.31 Å². The second-order valence-corrected chi connectivity index (χ2v) is 6.13. The zero-order valence-corrected chi connectivity index (χ0v) is 12.0. The number of benzene rings is 2. The largest absolute Gasteiger partial charge is 0.387 e. The van der Waals surface area contributed by atoms with Crippen LogP contribution in [-0.4, -0.2) is 22.5 Å². The molecule has 106 valence electrons. The van der Waals surface area contributed by atoms with Crippen LogP contribution < -0.4 is 9.62 Å². The van der Waals surface area contributed by atoms with E-state index in [1.807, 2.05) is 0 Å². The number of rotatable bonds is 4. The van der Waals surface area contributed by atoms with Crippen molar-refractivity contribution in [2.75, 3.05) is 23.7 Å². The first-order valence-electron chi connectivity index (χ1n) is 5.98. The van der Waals surface area contributed by atoms with Crippen LogP contribution in [0.2, 0.25) is 0 Å². The first-order valence-corrected chi connectivity index (χ1v) is 7.42. The number of para-hydroxylation sites is 1. The summed E-state index contributed by atoms with van der Waals surface area (Å²) >= 11 is 0. The smallest absolute Gasteiger partial charge is 0.266 e. The minimum Gasteiger partial charge on any atom is -0.387 e. The summed E-state index contributed by atoms with van der Waals surface area (Å²) in [5.41, 5.74) is 0.916. The van der Waals surface area contributed by atoms with Crippen LogP contribution in [-0.2, 0) is 10.0 Å². The third-order valence-electron chi connectivity index (χ3n) is 2.99. The number of halogens is 1. The van der Waals surface area contributed by atoms with E-state index < -0.39 is 15.8 Å². The van der Waals surface area contributed by atoms with Crippen molar-refractivity contribution in [3.63, 3.8) is 0 Å². The third kappa shape index (κ3) is 2.60. The molecule has 0 saturated heterocycles. The maximum atomic E-state index is 12.9. The molecule has 0 bridgehead atoms. The zero-order chi connectivity index (χ0) is 14.8. The van der Waals surface area contributed by atoms with Gasteiger partial charge in [0.25, 0.3) is 10.0 Å². The second-order valence-electron chi connectivity index (χ2n) is 4.20. The molecule has 0 unspecified atom stereocenters. The van der Waals surface area contributed by atoms with Crippen molar-refractivity contribution in [1.29, 1.82) is 0 Å². The lowest BCUT2D eigenvalue weighted by Crippen LogP contribution is -2.27. The van der Waals surface area contributed by atoms with Gasteiger partial charge in [-0.1, -0.05) is 12.1 Å². The standard InChI is InChI=1S/C14H15FN2O2S/c1-16-13-5-3-4-6-14(13)20(18,19)17(2)12-9-7-11(15)8-10-12/h3-10,16H,1-2H3. The van der Waals surface area contributed by atoms with Crippen LogP contribution in [0.3, 0.4) is 0 Å². The quantitative estimate of drug-likeness (QED) is 0.943. The Morgan fingerprint density at radius 1 is 1.05 bits per heavy atom. The van der Waals surface area contributed by atoms with Crippen LogP contribution >= 0.6 is 0 Å². The van der Waals surface area contributed by atoms with Gasteiger partial charge in [0.2, 0.25) is 0 Å². The van der Waals surface area contributed by atoms with Crippen molar-refractivity contribution >= 4 is 21.4 Å². The fraction of sp³-hybridized carbons (Fsp3) is 0.143. The first-order chi connectivity index (χ1) is 9.46. The van der Waals surface area contributed by atoms with E-state index in [4.69, 9.17) is 0 Å². The first kappa shape index (κ1) is 14.3. The fourth-order valence-corrected chi connectivity index (χ4v) is 3.23. The van der Waals surface area contributed by atoms with E-state index in [-0.39, 0.29) is 4.90 Å². The molecule has 0 radical (unpaired) electrons. The van der Waals surface area contributed by atoms with Gasteiger partial charge in [-0.2, -0.15) is 0 Å². The van der Waals surface area contributed by atoms with Crippen LogP contribution in [0.1, 0.15) is 0 Å². The molecule has 0 fully saturated rings. The number of sulfonamides is 1. The molecule has 2 rings (SSSR count). The van der Waals surface area contributed by atoms with Crippen molar-refractivity contribution < 1.29 is 12.8 Å². The lowest BCUT2D eigenvalue weighted by molar-refractivity contribution is 0.594. The molecule has 6 heteroatoms. The number of hydrogen-bond donors (Lipinski definition) is 1. The van der Waals surface area contributed by atoms with Crippen molar-refractivity contribution in [1.82, 2.24) is 0 Å². The molecule has 1 N–H and O–H groups in total. The van der Waals surface area contributed by atoms with Crippen LogP contribution in [0, 0.1) is 5.82 Å². The molecule has 0 heterocycles. The highest BCUT2D eigenvalue weighted by Gasteiger charge is 2.23. The van der Waals surface area contributed by atoms with Crippen molar-refractivity contribution in [2.45, 2.75) is 4.90 Å². The fourth-order valence-electron chi connectivity index (χ4n) is 1.84. The summed E-state index contributed by atoms with van der Waals surface area (Å²) in [6, 6.07) is 11.9. The van der Waals surface area contributed by atoms with E-state index in [1.165, 1.54) is 37.4 Å². The van der Waals surface area contributed by atoms with Gasteiger partial charge < -0.3 is 5.32 Å². The van der Waals surface area contributed by atoms with Crippen LogP contribution in [0.25, 0.3) is 0 Å². The highest BCUT2D eigenvalue weighted by atomic mass is 32.2. The molecule has 0 saturated carbocycles. The molecule has 0 spiro atoms. The summed E-state index contributed by atoms with van der Waals surface area (Å²) in [7, 11) is -0.601. The Morgan fingerprint density at radius 2 is 1.65 bits per heavy atom. The van der Waals surface area contributed by atoms with Gasteiger partial charge in [0.1, 0.15) is 10.7 Å². The lowest BCUT2D eigenvalue weighted by Gasteiger charge is -2.21. The zero-order valence-electron chi connectivity index (χ0n) is 11.2. The van der Waals surface area contributed by atoms with Gasteiger partial charge >= 0.3 is 0 Å². The highest BCUT2D eigenvalue weighted by Crippen LogP contribution is 2.27. The molecule has 0 aliphatic carbocycles. The van der Waals surface area contributed by atoms with E-state index >= 15 is 0 Å². The van der Waals surface area contributed by atoms with Crippen LogP contribution in [0.5, 0.6) is 0 Å². The minimum absolute atomic E-state index is 0.175. The van der Waals surface area contributed by atoms with Gasteiger partial charge in [-0.15, -0.1) is 0 Å². The molecular formula is C14H15FN2O2S. The Hall–Kier alpha value is -2.08.